The molecule has 23 heavy (non-hydrogen) atoms. The molecule has 0 atom stereocenters. The molecule has 1 rings (SSSR count). The second-order valence-corrected chi connectivity index (χ2v) is 7.27. The van der Waals surface area contributed by atoms with Crippen LogP contribution < -0.4 is 16.2 Å². The molecule has 0 bridgehead atoms. The first-order valence-corrected chi connectivity index (χ1v) is 8.86. The fraction of sp³-hybridized carbons (Fsp3) is 0.625. The van der Waals surface area contributed by atoms with Crippen LogP contribution in [0.25, 0.3) is 0 Å². The van der Waals surface area contributed by atoms with Crippen molar-refractivity contribution in [2.45, 2.75) is 38.0 Å². The molecular weight excluding hydrogens is 423 g/mol. The number of aromatic nitrogens is 1. The summed E-state index contributed by atoms with van der Waals surface area (Å²) in [6.07, 6.45) is 5.91. The van der Waals surface area contributed by atoms with Gasteiger partial charge in [-0.1, -0.05) is 6.07 Å². The maximum Gasteiger partial charge on any atom is 0.250 e. The van der Waals surface area contributed by atoms with Crippen LogP contribution in [0.2, 0.25) is 0 Å². The molecule has 0 saturated heterocycles. The second kappa shape index (κ2) is 11.8. The van der Waals surface area contributed by atoms with E-state index in [4.69, 9.17) is 0 Å². The number of nitrogens with one attached hydrogen (secondary N) is 2. The van der Waals surface area contributed by atoms with Gasteiger partial charge in [0, 0.05) is 43.7 Å². The highest BCUT2D eigenvalue weighted by Crippen LogP contribution is 2.19. The lowest BCUT2D eigenvalue weighted by atomic mass is 10.2. The third-order valence-corrected chi connectivity index (χ3v) is 4.72. The number of hydrogen-bond donors (Lipinski definition) is 2. The number of aliphatic imine (C=N–C) groups is 1. The van der Waals surface area contributed by atoms with Crippen LogP contribution in [0.4, 0.5) is 0 Å². The number of thioether (sulfide) groups is 1. The van der Waals surface area contributed by atoms with Crippen molar-refractivity contribution in [3.63, 3.8) is 0 Å². The topological polar surface area (TPSA) is 58.4 Å². The molecule has 7 heteroatoms. The van der Waals surface area contributed by atoms with Gasteiger partial charge in [0.05, 0.1) is 0 Å². The molecule has 1 aromatic rings. The van der Waals surface area contributed by atoms with Gasteiger partial charge in [0.25, 0.3) is 0 Å². The molecule has 132 valence electrons. The van der Waals surface area contributed by atoms with E-state index in [1.54, 1.807) is 23.7 Å². The van der Waals surface area contributed by atoms with Gasteiger partial charge in [-0.2, -0.15) is 11.8 Å². The minimum absolute atomic E-state index is 0. The van der Waals surface area contributed by atoms with Gasteiger partial charge in [-0.3, -0.25) is 9.79 Å². The van der Waals surface area contributed by atoms with Crippen molar-refractivity contribution in [1.29, 1.82) is 0 Å². The number of guanidine groups is 1. The van der Waals surface area contributed by atoms with Gasteiger partial charge in [-0.15, -0.1) is 24.0 Å². The molecule has 2 N–H and O–H groups in total. The predicted molar refractivity (Wildman–Crippen MR) is 112 cm³/mol. The summed E-state index contributed by atoms with van der Waals surface area (Å²) in [5.41, 5.74) is 0.0623. The van der Waals surface area contributed by atoms with E-state index in [9.17, 15) is 4.79 Å². The number of nitrogens with zero attached hydrogens (tertiary/aromatic N) is 2. The number of halogens is 1. The Morgan fingerprint density at radius 2 is 2.04 bits per heavy atom. The molecular formula is C16H29IN4OS. The van der Waals surface area contributed by atoms with Crippen LogP contribution >= 0.6 is 35.7 Å². The summed E-state index contributed by atoms with van der Waals surface area (Å²) in [7, 11) is 1.78. The zero-order valence-electron chi connectivity index (χ0n) is 14.5. The van der Waals surface area contributed by atoms with Gasteiger partial charge in [-0.25, -0.2) is 0 Å². The van der Waals surface area contributed by atoms with Crippen molar-refractivity contribution in [1.82, 2.24) is 15.2 Å². The Kier molecular flexibility index (Phi) is 11.4. The quantitative estimate of drug-likeness (QED) is 0.276. The maximum absolute atomic E-state index is 11.6. The number of unbranched alkanes of at least 4 members (excludes halogenated alkanes) is 1. The standard InChI is InChI=1S/C16H28N4OS.HI/c1-16(2,22-4)13-19-15(17-3)18-10-6-8-12-20-11-7-5-9-14(20)21;/h5,7,9,11H,6,8,10,12-13H2,1-4H3,(H2,17,18,19);1H. The molecule has 0 radical (unpaired) electrons. The summed E-state index contributed by atoms with van der Waals surface area (Å²) in [6, 6.07) is 5.25. The Morgan fingerprint density at radius 1 is 1.30 bits per heavy atom. The maximum atomic E-state index is 11.6. The normalized spacial score (nSPS) is 11.7. The van der Waals surface area contributed by atoms with Crippen LogP contribution in [0.3, 0.4) is 0 Å². The third kappa shape index (κ3) is 9.24. The first-order chi connectivity index (χ1) is 10.5. The fourth-order valence-corrected chi connectivity index (χ4v) is 2.07. The molecule has 0 fully saturated rings. The van der Waals surface area contributed by atoms with E-state index in [-0.39, 0.29) is 34.3 Å². The molecule has 5 nitrogen and oxygen atoms in total. The van der Waals surface area contributed by atoms with Gasteiger partial charge in [0.2, 0.25) is 5.56 Å². The molecule has 0 aromatic carbocycles. The average molecular weight is 452 g/mol. The average Bonchev–Trinajstić information content (AvgIpc) is 2.51. The largest absolute Gasteiger partial charge is 0.356 e. The molecule has 1 aromatic heterocycles. The van der Waals surface area contributed by atoms with Crippen molar-refractivity contribution in [2.75, 3.05) is 26.4 Å². The lowest BCUT2D eigenvalue weighted by Crippen LogP contribution is -2.43. The zero-order valence-corrected chi connectivity index (χ0v) is 17.6. The molecule has 0 amide bonds. The fourth-order valence-electron chi connectivity index (χ4n) is 1.85. The second-order valence-electron chi connectivity index (χ2n) is 5.76. The van der Waals surface area contributed by atoms with E-state index in [0.717, 1.165) is 38.4 Å². The van der Waals surface area contributed by atoms with Crippen LogP contribution in [-0.2, 0) is 6.54 Å². The molecule has 1 heterocycles. The summed E-state index contributed by atoms with van der Waals surface area (Å²) in [5, 5.41) is 6.65. The Bertz CT molecular complexity index is 531. The van der Waals surface area contributed by atoms with Crippen molar-refractivity contribution in [3.05, 3.63) is 34.7 Å². The highest BCUT2D eigenvalue weighted by Gasteiger charge is 2.15. The van der Waals surface area contributed by atoms with Crippen molar-refractivity contribution >= 4 is 41.7 Å². The first-order valence-electron chi connectivity index (χ1n) is 7.63. The lowest BCUT2D eigenvalue weighted by Gasteiger charge is -2.23. The van der Waals surface area contributed by atoms with E-state index in [1.807, 2.05) is 24.0 Å². The van der Waals surface area contributed by atoms with Crippen LogP contribution in [0.15, 0.2) is 34.2 Å². The Balaban J connectivity index is 0.00000484. The monoisotopic (exact) mass is 452 g/mol. The van der Waals surface area contributed by atoms with Crippen molar-refractivity contribution in [3.8, 4) is 0 Å². The lowest BCUT2D eigenvalue weighted by molar-refractivity contribution is 0.583. The third-order valence-electron chi connectivity index (χ3n) is 3.47. The van der Waals surface area contributed by atoms with Crippen LogP contribution in [0, 0.1) is 0 Å². The Hall–Kier alpha value is -0.700. The smallest absolute Gasteiger partial charge is 0.250 e. The summed E-state index contributed by atoms with van der Waals surface area (Å²) in [4.78, 5) is 15.8. The van der Waals surface area contributed by atoms with Crippen LogP contribution in [-0.4, -0.2) is 41.7 Å². The number of rotatable bonds is 8. The first kappa shape index (κ1) is 22.3. The number of pyridine rings is 1. The zero-order chi connectivity index (χ0) is 16.4. The summed E-state index contributed by atoms with van der Waals surface area (Å²) >= 11 is 1.83. The highest BCUT2D eigenvalue weighted by molar-refractivity contribution is 14.0. The van der Waals surface area contributed by atoms with Gasteiger partial charge in [0.1, 0.15) is 0 Å². The van der Waals surface area contributed by atoms with Crippen molar-refractivity contribution in [2.24, 2.45) is 4.99 Å². The Labute approximate surface area is 160 Å². The van der Waals surface area contributed by atoms with Crippen LogP contribution in [0.5, 0.6) is 0 Å². The van der Waals surface area contributed by atoms with Gasteiger partial charge in [0.15, 0.2) is 5.96 Å². The van der Waals surface area contributed by atoms with Crippen molar-refractivity contribution < 1.29 is 0 Å². The number of aryl methyl sites for hydroxylation is 1. The van der Waals surface area contributed by atoms with E-state index >= 15 is 0 Å². The van der Waals surface area contributed by atoms with Gasteiger partial charge < -0.3 is 15.2 Å². The summed E-state index contributed by atoms with van der Waals surface area (Å²) in [5.74, 6) is 0.832. The minimum atomic E-state index is 0. The van der Waals surface area contributed by atoms with E-state index in [1.165, 1.54) is 0 Å². The molecule has 0 unspecified atom stereocenters. The highest BCUT2D eigenvalue weighted by atomic mass is 127. The van der Waals surface area contributed by atoms with E-state index in [0.29, 0.717) is 0 Å². The molecule has 0 aliphatic rings. The molecule has 0 spiro atoms. The van der Waals surface area contributed by atoms with E-state index in [2.05, 4.69) is 35.7 Å². The predicted octanol–water partition coefficient (Wildman–Crippen LogP) is 2.55. The summed E-state index contributed by atoms with van der Waals surface area (Å²) < 4.78 is 1.93. The molecule has 0 aliphatic heterocycles. The molecule has 0 aliphatic carbocycles. The van der Waals surface area contributed by atoms with Gasteiger partial charge >= 0.3 is 0 Å². The molecule has 0 saturated carbocycles. The Morgan fingerprint density at radius 3 is 2.65 bits per heavy atom. The van der Waals surface area contributed by atoms with Crippen LogP contribution in [0.1, 0.15) is 26.7 Å². The summed E-state index contributed by atoms with van der Waals surface area (Å²) in [6.45, 7) is 6.88. The van der Waals surface area contributed by atoms with Gasteiger partial charge in [-0.05, 0) is 39.0 Å². The van der Waals surface area contributed by atoms with E-state index < -0.39 is 0 Å². The number of hydrogen-bond acceptors (Lipinski definition) is 3. The minimum Gasteiger partial charge on any atom is -0.356 e. The SMILES string of the molecule is CN=C(NCCCCn1ccccc1=O)NCC(C)(C)SC.I.